The van der Waals surface area contributed by atoms with Crippen LogP contribution in [0.1, 0.15) is 24.1 Å². The minimum absolute atomic E-state index is 0.204. The highest BCUT2D eigenvalue weighted by Crippen LogP contribution is 2.43. The van der Waals surface area contributed by atoms with E-state index in [-0.39, 0.29) is 5.91 Å². The van der Waals surface area contributed by atoms with Gasteiger partial charge in [-0.2, -0.15) is 0 Å². The van der Waals surface area contributed by atoms with E-state index >= 15 is 0 Å². The fraction of sp³-hybridized carbons (Fsp3) is 0.100. The van der Waals surface area contributed by atoms with Crippen molar-refractivity contribution in [3.63, 3.8) is 0 Å². The molecule has 4 rings (SSSR count). The summed E-state index contributed by atoms with van der Waals surface area (Å²) < 4.78 is 0. The van der Waals surface area contributed by atoms with Gasteiger partial charge in [-0.15, -0.1) is 21.5 Å². The number of hydrogen-bond acceptors (Lipinski definition) is 6. The van der Waals surface area contributed by atoms with Crippen LogP contribution in [0.2, 0.25) is 5.02 Å². The second kappa shape index (κ2) is 8.97. The number of carbonyl (C=O) groups is 1. The van der Waals surface area contributed by atoms with Crippen molar-refractivity contribution < 1.29 is 4.79 Å². The van der Waals surface area contributed by atoms with Gasteiger partial charge in [-0.25, -0.2) is 4.98 Å². The average molecular weight is 451 g/mol. The van der Waals surface area contributed by atoms with E-state index in [9.17, 15) is 10.3 Å². The number of azide groups is 1. The summed E-state index contributed by atoms with van der Waals surface area (Å²) in [7, 11) is 0. The lowest BCUT2D eigenvalue weighted by Gasteiger charge is -2.12. The third kappa shape index (κ3) is 4.56. The van der Waals surface area contributed by atoms with Crippen molar-refractivity contribution >= 4 is 34.7 Å². The molecule has 1 aromatic carbocycles. The number of hydrogen-bond donors (Lipinski definition) is 2. The Labute approximate surface area is 185 Å². The van der Waals surface area contributed by atoms with Crippen LogP contribution >= 0.6 is 22.9 Å². The van der Waals surface area contributed by atoms with Gasteiger partial charge in [-0.1, -0.05) is 28.8 Å². The SMILES string of the molecule is CC(=O)Nc1cc(-c2cc(C(N=[N+]=[N-])c3ccc(Cl)cc3)c(-c3nnc[nH]3)s2)ccn1. The zero-order valence-electron chi connectivity index (χ0n) is 16.2. The molecule has 0 aliphatic heterocycles. The van der Waals surface area contributed by atoms with Gasteiger partial charge in [0, 0.05) is 27.9 Å². The van der Waals surface area contributed by atoms with Crippen LogP contribution in [0.4, 0.5) is 5.82 Å². The zero-order chi connectivity index (χ0) is 21.8. The standard InChI is InChI=1S/C20H15ClN8OS/c1-11(30)26-17-8-13(6-7-23-17)16-9-15(19(31-16)20-24-10-25-28-20)18(27-29-22)12-2-4-14(21)5-3-12/h2-10,18H,1H3,(H,23,26,30)(H,24,25,28). The summed E-state index contributed by atoms with van der Waals surface area (Å²) in [5, 5.41) is 15.3. The van der Waals surface area contributed by atoms with Gasteiger partial charge in [0.05, 0.1) is 10.9 Å². The molecule has 9 nitrogen and oxygen atoms in total. The van der Waals surface area contributed by atoms with E-state index in [0.717, 1.165) is 26.4 Å². The summed E-state index contributed by atoms with van der Waals surface area (Å²) in [6, 6.07) is 12.1. The lowest BCUT2D eigenvalue weighted by Crippen LogP contribution is -2.07. The maximum atomic E-state index is 11.4. The van der Waals surface area contributed by atoms with Gasteiger partial charge in [0.15, 0.2) is 5.82 Å². The Hall–Kier alpha value is -3.72. The number of halogens is 1. The molecule has 1 unspecified atom stereocenters. The summed E-state index contributed by atoms with van der Waals surface area (Å²) in [5.74, 6) is 0.810. The van der Waals surface area contributed by atoms with Gasteiger partial charge in [-0.05, 0) is 52.6 Å². The maximum Gasteiger partial charge on any atom is 0.222 e. The molecule has 2 N–H and O–H groups in total. The molecule has 4 aromatic rings. The minimum Gasteiger partial charge on any atom is -0.327 e. The molecule has 1 amide bonds. The number of carbonyl (C=O) groups excluding carboxylic acids is 1. The molecule has 3 aromatic heterocycles. The first-order valence-electron chi connectivity index (χ1n) is 9.09. The molecular weight excluding hydrogens is 436 g/mol. The normalized spacial score (nSPS) is 11.5. The van der Waals surface area contributed by atoms with Gasteiger partial charge in [0.2, 0.25) is 5.91 Å². The molecule has 1 atom stereocenters. The second-order valence-corrected chi connectivity index (χ2v) is 7.99. The topological polar surface area (TPSA) is 132 Å². The molecule has 31 heavy (non-hydrogen) atoms. The summed E-state index contributed by atoms with van der Waals surface area (Å²) >= 11 is 7.49. The lowest BCUT2D eigenvalue weighted by molar-refractivity contribution is -0.114. The maximum absolute atomic E-state index is 11.4. The van der Waals surface area contributed by atoms with Crippen molar-refractivity contribution in [3.05, 3.63) is 81.6 Å². The molecule has 0 radical (unpaired) electrons. The Morgan fingerprint density at radius 1 is 1.29 bits per heavy atom. The molecule has 0 saturated carbocycles. The highest BCUT2D eigenvalue weighted by Gasteiger charge is 2.23. The Morgan fingerprint density at radius 3 is 2.77 bits per heavy atom. The first-order valence-corrected chi connectivity index (χ1v) is 10.3. The molecule has 154 valence electrons. The quantitative estimate of drug-likeness (QED) is 0.224. The molecular formula is C20H15ClN8OS. The summed E-state index contributed by atoms with van der Waals surface area (Å²) in [4.78, 5) is 23.3. The Balaban J connectivity index is 1.85. The summed E-state index contributed by atoms with van der Waals surface area (Å²) in [6.07, 6.45) is 3.11. The molecule has 0 aliphatic rings. The largest absolute Gasteiger partial charge is 0.327 e. The predicted molar refractivity (Wildman–Crippen MR) is 120 cm³/mol. The number of rotatable bonds is 6. The van der Waals surface area contributed by atoms with Crippen LogP contribution < -0.4 is 5.32 Å². The smallest absolute Gasteiger partial charge is 0.222 e. The van der Waals surface area contributed by atoms with E-state index in [2.05, 4.69) is 35.5 Å². The van der Waals surface area contributed by atoms with Crippen LogP contribution in [-0.4, -0.2) is 26.1 Å². The van der Waals surface area contributed by atoms with Crippen LogP contribution in [0.5, 0.6) is 0 Å². The highest BCUT2D eigenvalue weighted by molar-refractivity contribution is 7.19. The van der Waals surface area contributed by atoms with Crippen molar-refractivity contribution in [1.82, 2.24) is 20.2 Å². The Kier molecular flexibility index (Phi) is 5.94. The number of aromatic nitrogens is 4. The molecule has 3 heterocycles. The number of anilines is 1. The van der Waals surface area contributed by atoms with E-state index in [4.69, 9.17) is 11.6 Å². The monoisotopic (exact) mass is 450 g/mol. The number of nitrogens with zero attached hydrogens (tertiary/aromatic N) is 6. The number of aromatic amines is 1. The lowest BCUT2D eigenvalue weighted by atomic mass is 9.99. The molecule has 0 saturated heterocycles. The van der Waals surface area contributed by atoms with Crippen molar-refractivity contribution in [2.24, 2.45) is 5.11 Å². The fourth-order valence-corrected chi connectivity index (χ4v) is 4.35. The van der Waals surface area contributed by atoms with E-state index in [1.54, 1.807) is 24.4 Å². The van der Waals surface area contributed by atoms with Crippen molar-refractivity contribution in [2.45, 2.75) is 13.0 Å². The number of pyridine rings is 1. The third-order valence-corrected chi connectivity index (χ3v) is 5.85. The molecule has 11 heteroatoms. The average Bonchev–Trinajstić information content (AvgIpc) is 3.42. The number of H-pyrrole nitrogens is 1. The van der Waals surface area contributed by atoms with Crippen molar-refractivity contribution in [1.29, 1.82) is 0 Å². The highest BCUT2D eigenvalue weighted by atomic mass is 35.5. The summed E-state index contributed by atoms with van der Waals surface area (Å²) in [5.41, 5.74) is 11.6. The summed E-state index contributed by atoms with van der Waals surface area (Å²) in [6.45, 7) is 1.43. The van der Waals surface area contributed by atoms with Gasteiger partial charge < -0.3 is 10.3 Å². The molecule has 0 bridgehead atoms. The second-order valence-electron chi connectivity index (χ2n) is 6.50. The Bertz CT molecular complexity index is 1260. The van der Waals surface area contributed by atoms with E-state index < -0.39 is 6.04 Å². The van der Waals surface area contributed by atoms with E-state index in [1.807, 2.05) is 24.3 Å². The predicted octanol–water partition coefficient (Wildman–Crippen LogP) is 5.61. The fourth-order valence-electron chi connectivity index (χ4n) is 3.09. The van der Waals surface area contributed by atoms with Crippen LogP contribution in [0.3, 0.4) is 0 Å². The van der Waals surface area contributed by atoms with Gasteiger partial charge in [0.1, 0.15) is 12.1 Å². The minimum atomic E-state index is -0.594. The first kappa shape index (κ1) is 20.5. The first-order chi connectivity index (χ1) is 15.0. The zero-order valence-corrected chi connectivity index (χ0v) is 17.7. The Morgan fingerprint density at radius 2 is 2.10 bits per heavy atom. The van der Waals surface area contributed by atoms with Crippen molar-refractivity contribution in [3.8, 4) is 21.1 Å². The number of benzene rings is 1. The molecule has 0 fully saturated rings. The van der Waals surface area contributed by atoms with Crippen molar-refractivity contribution in [2.75, 3.05) is 5.32 Å². The number of amides is 1. The number of thiophene rings is 1. The van der Waals surface area contributed by atoms with Crippen LogP contribution in [0, 0.1) is 0 Å². The van der Waals surface area contributed by atoms with Gasteiger partial charge >= 0.3 is 0 Å². The van der Waals surface area contributed by atoms with E-state index in [1.165, 1.54) is 24.6 Å². The van der Waals surface area contributed by atoms with Crippen LogP contribution in [0.25, 0.3) is 31.6 Å². The molecule has 0 spiro atoms. The number of nitrogens with one attached hydrogen (secondary N) is 2. The van der Waals surface area contributed by atoms with Crippen LogP contribution in [-0.2, 0) is 4.79 Å². The van der Waals surface area contributed by atoms with Gasteiger partial charge in [0.25, 0.3) is 0 Å². The van der Waals surface area contributed by atoms with E-state index in [0.29, 0.717) is 16.7 Å². The van der Waals surface area contributed by atoms with Gasteiger partial charge in [-0.3, -0.25) is 4.79 Å². The third-order valence-electron chi connectivity index (χ3n) is 4.39. The van der Waals surface area contributed by atoms with Crippen LogP contribution in [0.15, 0.2) is 60.1 Å². The molecule has 0 aliphatic carbocycles.